The van der Waals surface area contributed by atoms with Gasteiger partial charge in [0.1, 0.15) is 17.3 Å². The molecule has 36 heavy (non-hydrogen) atoms. The fourth-order valence-electron chi connectivity index (χ4n) is 3.76. The Labute approximate surface area is 208 Å². The van der Waals surface area contributed by atoms with E-state index in [-0.39, 0.29) is 12.8 Å². The summed E-state index contributed by atoms with van der Waals surface area (Å²) in [4.78, 5) is 15.7. The number of nitrogens with one attached hydrogen (secondary N) is 1. The summed E-state index contributed by atoms with van der Waals surface area (Å²) in [5, 5.41) is 3.23. The molecular formula is C26H27N5O5. The monoisotopic (exact) mass is 489 g/mol. The molecule has 0 unspecified atom stereocenters. The molecule has 1 aliphatic heterocycles. The molecule has 2 aromatic heterocycles. The Kier molecular flexibility index (Phi) is 6.74. The van der Waals surface area contributed by atoms with E-state index in [1.165, 1.54) is 0 Å². The van der Waals surface area contributed by atoms with Gasteiger partial charge in [0.15, 0.2) is 11.5 Å². The lowest BCUT2D eigenvalue weighted by molar-refractivity contribution is 0.174. The molecule has 0 spiro atoms. The minimum atomic E-state index is 0.222. The number of rotatable bonds is 10. The molecule has 1 aliphatic rings. The van der Waals surface area contributed by atoms with E-state index in [0.717, 1.165) is 34.3 Å². The molecule has 3 heterocycles. The summed E-state index contributed by atoms with van der Waals surface area (Å²) in [7, 11) is 1.63. The molecule has 0 bridgehead atoms. The van der Waals surface area contributed by atoms with Crippen molar-refractivity contribution in [2.24, 2.45) is 0 Å². The molecule has 0 atom stereocenters. The van der Waals surface area contributed by atoms with Crippen LogP contribution in [0.25, 0.3) is 0 Å². The van der Waals surface area contributed by atoms with Crippen LogP contribution in [0, 0.1) is 6.92 Å². The number of ether oxygens (including phenoxy) is 4. The van der Waals surface area contributed by atoms with Gasteiger partial charge in [0.05, 0.1) is 20.3 Å². The van der Waals surface area contributed by atoms with Crippen molar-refractivity contribution in [1.82, 2.24) is 15.0 Å². The fourth-order valence-corrected chi connectivity index (χ4v) is 3.76. The van der Waals surface area contributed by atoms with Gasteiger partial charge in [0.2, 0.25) is 18.7 Å². The Morgan fingerprint density at radius 1 is 0.944 bits per heavy atom. The Bertz CT molecular complexity index is 1320. The molecule has 0 aliphatic carbocycles. The van der Waals surface area contributed by atoms with Gasteiger partial charge in [-0.15, -0.1) is 0 Å². The number of aryl methyl sites for hydroxylation is 1. The van der Waals surface area contributed by atoms with E-state index < -0.39 is 0 Å². The summed E-state index contributed by atoms with van der Waals surface area (Å²) < 4.78 is 27.8. The van der Waals surface area contributed by atoms with Crippen LogP contribution in [0.2, 0.25) is 0 Å². The standard InChI is InChI=1S/C26H27N5O5/c1-4-33-26-29-24(27-19-7-10-20(32-3)11-8-19)28-25(30-26)31(15-21-9-5-17(2)36-21)14-18-6-12-22-23(13-18)35-16-34-22/h5-13H,4,14-16H2,1-3H3,(H,27,28,29,30). The molecular weight excluding hydrogens is 462 g/mol. The third kappa shape index (κ3) is 5.43. The topological polar surface area (TPSA) is 104 Å². The SMILES string of the molecule is CCOc1nc(Nc2ccc(OC)cc2)nc(N(Cc2ccc3c(c2)OCO3)Cc2ccc(C)o2)n1. The summed E-state index contributed by atoms with van der Waals surface area (Å²) >= 11 is 0. The van der Waals surface area contributed by atoms with Crippen LogP contribution in [0.1, 0.15) is 24.0 Å². The highest BCUT2D eigenvalue weighted by atomic mass is 16.7. The Balaban J connectivity index is 1.48. The van der Waals surface area contributed by atoms with Gasteiger partial charge < -0.3 is 33.6 Å². The Morgan fingerprint density at radius 3 is 2.53 bits per heavy atom. The largest absolute Gasteiger partial charge is 0.497 e. The maximum atomic E-state index is 5.86. The van der Waals surface area contributed by atoms with E-state index in [9.17, 15) is 0 Å². The minimum Gasteiger partial charge on any atom is -0.497 e. The molecule has 5 rings (SSSR count). The van der Waals surface area contributed by atoms with Gasteiger partial charge in [-0.05, 0) is 67.9 Å². The summed E-state index contributed by atoms with van der Waals surface area (Å²) in [6.45, 7) is 5.38. The van der Waals surface area contributed by atoms with Crippen LogP contribution in [0.4, 0.5) is 17.6 Å². The number of benzene rings is 2. The lowest BCUT2D eigenvalue weighted by Crippen LogP contribution is -2.25. The molecule has 0 saturated carbocycles. The molecule has 186 valence electrons. The van der Waals surface area contributed by atoms with Gasteiger partial charge in [0.25, 0.3) is 0 Å². The van der Waals surface area contributed by atoms with Crippen molar-refractivity contribution in [3.05, 3.63) is 71.7 Å². The van der Waals surface area contributed by atoms with E-state index in [0.29, 0.717) is 37.3 Å². The number of nitrogens with zero attached hydrogens (tertiary/aromatic N) is 4. The van der Waals surface area contributed by atoms with Gasteiger partial charge in [-0.1, -0.05) is 6.07 Å². The van der Waals surface area contributed by atoms with Crippen molar-refractivity contribution in [3.63, 3.8) is 0 Å². The molecule has 0 saturated heterocycles. The second-order valence-corrected chi connectivity index (χ2v) is 8.08. The van der Waals surface area contributed by atoms with E-state index in [2.05, 4.69) is 15.3 Å². The zero-order valence-corrected chi connectivity index (χ0v) is 20.4. The number of hydrogen-bond donors (Lipinski definition) is 1. The Morgan fingerprint density at radius 2 is 1.78 bits per heavy atom. The molecule has 0 amide bonds. The van der Waals surface area contributed by atoms with Gasteiger partial charge in [0, 0.05) is 12.2 Å². The molecule has 0 radical (unpaired) electrons. The fraction of sp³-hybridized carbons (Fsp3) is 0.269. The first kappa shape index (κ1) is 23.3. The zero-order valence-electron chi connectivity index (χ0n) is 20.4. The highest BCUT2D eigenvalue weighted by Gasteiger charge is 2.20. The van der Waals surface area contributed by atoms with Gasteiger partial charge >= 0.3 is 6.01 Å². The highest BCUT2D eigenvalue weighted by Crippen LogP contribution is 2.33. The van der Waals surface area contributed by atoms with Gasteiger partial charge in [-0.2, -0.15) is 15.0 Å². The van der Waals surface area contributed by atoms with Crippen molar-refractivity contribution >= 4 is 17.6 Å². The van der Waals surface area contributed by atoms with Crippen molar-refractivity contribution in [2.75, 3.05) is 30.7 Å². The van der Waals surface area contributed by atoms with Crippen molar-refractivity contribution < 1.29 is 23.4 Å². The van der Waals surface area contributed by atoms with E-state index in [4.69, 9.17) is 28.3 Å². The van der Waals surface area contributed by atoms with Crippen LogP contribution in [0.3, 0.4) is 0 Å². The first-order chi connectivity index (χ1) is 17.6. The zero-order chi connectivity index (χ0) is 24.9. The molecule has 1 N–H and O–H groups in total. The number of anilines is 3. The summed E-state index contributed by atoms with van der Waals surface area (Å²) in [5.74, 6) is 4.63. The summed E-state index contributed by atoms with van der Waals surface area (Å²) in [6.07, 6.45) is 0. The van der Waals surface area contributed by atoms with Gasteiger partial charge in [-0.3, -0.25) is 0 Å². The maximum absolute atomic E-state index is 5.86. The molecule has 4 aromatic rings. The smallest absolute Gasteiger partial charge is 0.323 e. The predicted octanol–water partition coefficient (Wildman–Crippen LogP) is 4.86. The molecule has 10 nitrogen and oxygen atoms in total. The quantitative estimate of drug-likeness (QED) is 0.332. The van der Waals surface area contributed by atoms with E-state index in [1.54, 1.807) is 7.11 Å². The van der Waals surface area contributed by atoms with Crippen LogP contribution < -0.4 is 29.2 Å². The Hall–Kier alpha value is -4.47. The van der Waals surface area contributed by atoms with Crippen molar-refractivity contribution in [3.8, 4) is 23.3 Å². The van der Waals surface area contributed by atoms with Crippen LogP contribution in [0.5, 0.6) is 23.3 Å². The first-order valence-electron chi connectivity index (χ1n) is 11.6. The van der Waals surface area contributed by atoms with Crippen LogP contribution in [0.15, 0.2) is 59.0 Å². The van der Waals surface area contributed by atoms with Crippen LogP contribution in [-0.2, 0) is 13.1 Å². The van der Waals surface area contributed by atoms with Crippen molar-refractivity contribution in [2.45, 2.75) is 26.9 Å². The maximum Gasteiger partial charge on any atom is 0.323 e. The van der Waals surface area contributed by atoms with E-state index in [1.807, 2.05) is 73.3 Å². The number of methoxy groups -OCH3 is 1. The summed E-state index contributed by atoms with van der Waals surface area (Å²) in [5.41, 5.74) is 1.81. The first-order valence-corrected chi connectivity index (χ1v) is 11.6. The average molecular weight is 490 g/mol. The summed E-state index contributed by atoms with van der Waals surface area (Å²) in [6, 6.07) is 17.5. The molecule has 10 heteroatoms. The van der Waals surface area contributed by atoms with Gasteiger partial charge in [-0.25, -0.2) is 0 Å². The number of hydrogen-bond acceptors (Lipinski definition) is 10. The predicted molar refractivity (Wildman–Crippen MR) is 133 cm³/mol. The number of fused-ring (bicyclic) bond motifs is 1. The number of furan rings is 1. The molecule has 2 aromatic carbocycles. The minimum absolute atomic E-state index is 0.222. The third-order valence-electron chi connectivity index (χ3n) is 5.46. The highest BCUT2D eigenvalue weighted by molar-refractivity contribution is 5.56. The van der Waals surface area contributed by atoms with Crippen LogP contribution in [-0.4, -0.2) is 35.5 Å². The van der Waals surface area contributed by atoms with Crippen molar-refractivity contribution in [1.29, 1.82) is 0 Å². The van der Waals surface area contributed by atoms with Crippen LogP contribution >= 0.6 is 0 Å². The second kappa shape index (κ2) is 10.4. The van der Waals surface area contributed by atoms with E-state index >= 15 is 0 Å². The average Bonchev–Trinajstić information content (AvgIpc) is 3.52. The second-order valence-electron chi connectivity index (χ2n) is 8.08. The third-order valence-corrected chi connectivity index (χ3v) is 5.46. The lowest BCUT2D eigenvalue weighted by atomic mass is 10.2. The molecule has 0 fully saturated rings. The normalized spacial score (nSPS) is 11.9. The lowest BCUT2D eigenvalue weighted by Gasteiger charge is -2.23. The number of aromatic nitrogens is 3.